The number of likely N-dealkylation sites (N-methyl/N-ethyl adjacent to an activating group) is 1. The Hall–Kier alpha value is -3.69. The third-order valence-corrected chi connectivity index (χ3v) is 6.20. The highest BCUT2D eigenvalue weighted by Crippen LogP contribution is 2.31. The van der Waals surface area contributed by atoms with Crippen LogP contribution in [0.3, 0.4) is 0 Å². The minimum atomic E-state index is -0.728. The van der Waals surface area contributed by atoms with Gasteiger partial charge >= 0.3 is 0 Å². The average Bonchev–Trinajstić information content (AvgIpc) is 2.78. The van der Waals surface area contributed by atoms with Gasteiger partial charge < -0.3 is 20.2 Å². The lowest BCUT2D eigenvalue weighted by atomic mass is 10.0. The first-order valence-corrected chi connectivity index (χ1v) is 10.8. The van der Waals surface area contributed by atoms with Crippen LogP contribution in [0.2, 0.25) is 0 Å². The van der Waals surface area contributed by atoms with Gasteiger partial charge in [-0.15, -0.1) is 0 Å². The summed E-state index contributed by atoms with van der Waals surface area (Å²) in [6.45, 7) is 5.74. The number of likely N-dealkylation sites (tertiary alicyclic amines) is 1. The van der Waals surface area contributed by atoms with E-state index in [1.807, 2.05) is 0 Å². The number of rotatable bonds is 6. The van der Waals surface area contributed by atoms with E-state index in [2.05, 4.69) is 16.9 Å². The van der Waals surface area contributed by atoms with Crippen molar-refractivity contribution in [2.75, 3.05) is 20.1 Å². The second kappa shape index (κ2) is 9.05. The molecule has 2 aromatic rings. The summed E-state index contributed by atoms with van der Waals surface area (Å²) in [6.07, 6.45) is 2.21. The smallest absolute Gasteiger partial charge is 0.296 e. The maximum Gasteiger partial charge on any atom is 0.296 e. The van der Waals surface area contributed by atoms with E-state index in [1.165, 1.54) is 28.8 Å². The molecule has 2 aliphatic rings. The predicted molar refractivity (Wildman–Crippen MR) is 118 cm³/mol. The number of aromatic hydroxyl groups is 1. The molecule has 2 aliphatic heterocycles. The Morgan fingerprint density at radius 3 is 2.58 bits per heavy atom. The second-order valence-corrected chi connectivity index (χ2v) is 8.29. The maximum atomic E-state index is 13.1. The number of hydrogen-bond acceptors (Lipinski definition) is 6. The molecule has 2 N–H and O–H groups in total. The first kappa shape index (κ1) is 22.5. The highest BCUT2D eigenvalue weighted by atomic mass is 19.1. The van der Waals surface area contributed by atoms with Crippen molar-refractivity contribution in [3.63, 3.8) is 0 Å². The molecule has 3 heterocycles. The van der Waals surface area contributed by atoms with Crippen LogP contribution in [-0.2, 0) is 17.9 Å². The number of aromatic nitrogens is 2. The summed E-state index contributed by atoms with van der Waals surface area (Å²) in [5.74, 6) is -1.71. The fourth-order valence-electron chi connectivity index (χ4n) is 4.04. The topological polar surface area (TPSA) is 108 Å². The predicted octanol–water partition coefficient (Wildman–Crippen LogP) is 1.53. The van der Waals surface area contributed by atoms with Crippen molar-refractivity contribution in [1.29, 1.82) is 0 Å². The van der Waals surface area contributed by atoms with Crippen LogP contribution in [0, 0.1) is 5.82 Å². The van der Waals surface area contributed by atoms with E-state index in [-0.39, 0.29) is 23.8 Å². The van der Waals surface area contributed by atoms with Gasteiger partial charge in [0.1, 0.15) is 11.6 Å². The van der Waals surface area contributed by atoms with Crippen LogP contribution in [0.4, 0.5) is 4.39 Å². The number of benzene rings is 1. The molecule has 1 unspecified atom stereocenters. The first-order chi connectivity index (χ1) is 15.8. The molecule has 1 fully saturated rings. The van der Waals surface area contributed by atoms with Crippen molar-refractivity contribution in [3.8, 4) is 5.75 Å². The lowest BCUT2D eigenvalue weighted by Crippen LogP contribution is -2.46. The van der Waals surface area contributed by atoms with Gasteiger partial charge in [0.05, 0.1) is 11.7 Å². The minimum Gasteiger partial charge on any atom is -0.501 e. The molecule has 1 atom stereocenters. The Kier molecular flexibility index (Phi) is 6.17. The number of carbonyl (C=O) groups excluding carboxylic acids is 2. The van der Waals surface area contributed by atoms with E-state index < -0.39 is 29.1 Å². The van der Waals surface area contributed by atoms with Gasteiger partial charge in [0.25, 0.3) is 17.4 Å². The number of carbonyl (C=O) groups is 2. The highest BCUT2D eigenvalue weighted by Gasteiger charge is 2.33. The van der Waals surface area contributed by atoms with Crippen LogP contribution < -0.4 is 10.9 Å². The third-order valence-electron chi connectivity index (χ3n) is 6.20. The summed E-state index contributed by atoms with van der Waals surface area (Å²) in [5.41, 5.74) is -0.145. The van der Waals surface area contributed by atoms with Crippen LogP contribution in [0.25, 0.3) is 0 Å². The number of hydrogen-bond donors (Lipinski definition) is 2. The zero-order chi connectivity index (χ0) is 23.7. The SMILES string of the molecule is C=C(C(=O)N1CCC1)N(C)C1CCCn2c1nc(C(=O)NCc1ccc(F)cc1)c(O)c2=O. The quantitative estimate of drug-likeness (QED) is 0.640. The lowest BCUT2D eigenvalue weighted by molar-refractivity contribution is -0.132. The minimum absolute atomic E-state index is 0.0725. The van der Waals surface area contributed by atoms with Crippen molar-refractivity contribution < 1.29 is 19.1 Å². The van der Waals surface area contributed by atoms with Crippen LogP contribution in [0.5, 0.6) is 5.75 Å². The van der Waals surface area contributed by atoms with E-state index in [0.29, 0.717) is 43.9 Å². The molecular weight excluding hydrogens is 429 g/mol. The van der Waals surface area contributed by atoms with Gasteiger partial charge in [0.15, 0.2) is 5.69 Å². The van der Waals surface area contributed by atoms with Gasteiger partial charge in [-0.25, -0.2) is 9.37 Å². The number of amides is 2. The molecule has 2 amide bonds. The molecule has 0 radical (unpaired) electrons. The first-order valence-electron chi connectivity index (χ1n) is 10.8. The fourth-order valence-corrected chi connectivity index (χ4v) is 4.04. The molecule has 174 valence electrons. The Morgan fingerprint density at radius 2 is 1.94 bits per heavy atom. The summed E-state index contributed by atoms with van der Waals surface area (Å²) in [4.78, 5) is 45.9. The molecular formula is C23H26FN5O4. The lowest BCUT2D eigenvalue weighted by Gasteiger charge is -2.38. The van der Waals surface area contributed by atoms with Crippen LogP contribution in [0.1, 0.15) is 47.2 Å². The second-order valence-electron chi connectivity index (χ2n) is 8.29. The zero-order valence-corrected chi connectivity index (χ0v) is 18.4. The molecule has 0 bridgehead atoms. The number of nitrogens with zero attached hydrogens (tertiary/aromatic N) is 4. The summed E-state index contributed by atoms with van der Waals surface area (Å²) < 4.78 is 14.4. The van der Waals surface area contributed by atoms with Gasteiger partial charge in [0, 0.05) is 33.2 Å². The normalized spacial score (nSPS) is 17.0. The van der Waals surface area contributed by atoms with E-state index in [4.69, 9.17) is 0 Å². The van der Waals surface area contributed by atoms with Crippen LogP contribution in [-0.4, -0.2) is 56.4 Å². The molecule has 0 aliphatic carbocycles. The Labute approximate surface area is 190 Å². The Balaban J connectivity index is 1.59. The van der Waals surface area contributed by atoms with Gasteiger partial charge in [0.2, 0.25) is 5.75 Å². The van der Waals surface area contributed by atoms with Crippen molar-refractivity contribution >= 4 is 11.8 Å². The maximum absolute atomic E-state index is 13.1. The van der Waals surface area contributed by atoms with E-state index >= 15 is 0 Å². The van der Waals surface area contributed by atoms with Crippen molar-refractivity contribution in [3.05, 3.63) is 69.8 Å². The molecule has 0 spiro atoms. The van der Waals surface area contributed by atoms with Gasteiger partial charge in [-0.05, 0) is 37.0 Å². The Morgan fingerprint density at radius 1 is 1.24 bits per heavy atom. The molecule has 0 saturated carbocycles. The molecule has 9 nitrogen and oxygen atoms in total. The number of fused-ring (bicyclic) bond motifs is 1. The molecule has 33 heavy (non-hydrogen) atoms. The van der Waals surface area contributed by atoms with Crippen molar-refractivity contribution in [1.82, 2.24) is 24.7 Å². The van der Waals surface area contributed by atoms with E-state index in [1.54, 1.807) is 16.8 Å². The summed E-state index contributed by atoms with van der Waals surface area (Å²) in [6, 6.07) is 5.15. The average molecular weight is 455 g/mol. The fraction of sp³-hybridized carbons (Fsp3) is 0.391. The van der Waals surface area contributed by atoms with E-state index in [0.717, 1.165) is 6.42 Å². The summed E-state index contributed by atoms with van der Waals surface area (Å²) in [5, 5.41) is 13.0. The number of nitrogens with one attached hydrogen (secondary N) is 1. The van der Waals surface area contributed by atoms with Gasteiger partial charge in [-0.1, -0.05) is 18.7 Å². The molecule has 1 aromatic heterocycles. The Bertz CT molecular complexity index is 1160. The van der Waals surface area contributed by atoms with Crippen molar-refractivity contribution in [2.45, 2.75) is 38.4 Å². The highest BCUT2D eigenvalue weighted by molar-refractivity contribution is 5.94. The van der Waals surface area contributed by atoms with Crippen LogP contribution >= 0.6 is 0 Å². The van der Waals surface area contributed by atoms with Gasteiger partial charge in [-0.2, -0.15) is 0 Å². The largest absolute Gasteiger partial charge is 0.501 e. The standard InChI is InChI=1S/C23H26FN5O4/c1-14(22(32)28-10-4-11-28)27(2)17-5-3-12-29-20(17)26-18(19(30)23(29)33)21(31)25-13-15-6-8-16(24)9-7-15/h6-9,17,30H,1,3-5,10-13H2,2H3,(H,25,31). The summed E-state index contributed by atoms with van der Waals surface area (Å²) >= 11 is 0. The van der Waals surface area contributed by atoms with E-state index in [9.17, 15) is 23.9 Å². The monoisotopic (exact) mass is 455 g/mol. The number of halogens is 1. The zero-order valence-electron chi connectivity index (χ0n) is 18.4. The van der Waals surface area contributed by atoms with Crippen molar-refractivity contribution in [2.24, 2.45) is 0 Å². The molecule has 1 aromatic carbocycles. The molecule has 10 heteroatoms. The molecule has 1 saturated heterocycles. The third kappa shape index (κ3) is 4.33. The van der Waals surface area contributed by atoms with Gasteiger partial charge in [-0.3, -0.25) is 19.0 Å². The summed E-state index contributed by atoms with van der Waals surface area (Å²) in [7, 11) is 1.72. The van der Waals surface area contributed by atoms with Crippen LogP contribution in [0.15, 0.2) is 41.3 Å². The molecule has 4 rings (SSSR count).